The zero-order valence-electron chi connectivity index (χ0n) is 8.66. The standard InChI is InChI=1S/C11H17IOP2/c12-9-8-11(13-15-14)7-6-10-4-2-1-3-5-10/h1-5,11,15H,6-9,14H2/t11-/m0/s1. The van der Waals surface area contributed by atoms with Crippen LogP contribution in [-0.2, 0) is 10.9 Å². The van der Waals surface area contributed by atoms with E-state index in [0.29, 0.717) is 14.6 Å². The summed E-state index contributed by atoms with van der Waals surface area (Å²) in [6.07, 6.45) is 3.85. The van der Waals surface area contributed by atoms with Crippen LogP contribution in [0.4, 0.5) is 0 Å². The van der Waals surface area contributed by atoms with Crippen molar-refractivity contribution in [1.29, 1.82) is 0 Å². The van der Waals surface area contributed by atoms with Crippen molar-refractivity contribution >= 4 is 40.0 Å². The molecule has 0 aliphatic heterocycles. The maximum atomic E-state index is 5.69. The molecule has 0 N–H and O–H groups in total. The van der Waals surface area contributed by atoms with Crippen molar-refractivity contribution in [2.45, 2.75) is 25.4 Å². The van der Waals surface area contributed by atoms with Gasteiger partial charge in [0.2, 0.25) is 0 Å². The smallest absolute Gasteiger partial charge is 0.0629 e. The first kappa shape index (κ1) is 13.8. The SMILES string of the molecule is PPO[C@H](CCI)CCc1ccccc1. The van der Waals surface area contributed by atoms with Crippen LogP contribution in [0, 0.1) is 0 Å². The van der Waals surface area contributed by atoms with Crippen LogP contribution in [0.5, 0.6) is 0 Å². The Labute approximate surface area is 110 Å². The zero-order valence-corrected chi connectivity index (χ0v) is 13.0. The van der Waals surface area contributed by atoms with Crippen molar-refractivity contribution in [2.24, 2.45) is 0 Å². The van der Waals surface area contributed by atoms with E-state index in [1.165, 1.54) is 9.99 Å². The van der Waals surface area contributed by atoms with E-state index in [0.717, 1.165) is 19.3 Å². The molecule has 4 heteroatoms. The molecule has 0 aromatic heterocycles. The summed E-state index contributed by atoms with van der Waals surface area (Å²) in [5.41, 5.74) is 1.41. The van der Waals surface area contributed by atoms with E-state index in [-0.39, 0.29) is 0 Å². The molecule has 0 radical (unpaired) electrons. The summed E-state index contributed by atoms with van der Waals surface area (Å²) >= 11 is 2.41. The summed E-state index contributed by atoms with van der Waals surface area (Å²) in [4.78, 5) is 0. The second-order valence-electron chi connectivity index (χ2n) is 3.36. The first-order valence-corrected chi connectivity index (χ1v) is 9.32. The molecule has 3 atom stereocenters. The highest BCUT2D eigenvalue weighted by atomic mass is 127. The van der Waals surface area contributed by atoms with Gasteiger partial charge in [-0.15, -0.1) is 0 Å². The summed E-state index contributed by atoms with van der Waals surface area (Å²) < 4.78 is 6.86. The Bertz CT molecular complexity index is 250. The van der Waals surface area contributed by atoms with E-state index < -0.39 is 0 Å². The van der Waals surface area contributed by atoms with Crippen LogP contribution in [0.15, 0.2) is 30.3 Å². The summed E-state index contributed by atoms with van der Waals surface area (Å²) in [5, 5.41) is 0. The fourth-order valence-electron chi connectivity index (χ4n) is 1.45. The van der Waals surface area contributed by atoms with E-state index in [9.17, 15) is 0 Å². The lowest BCUT2D eigenvalue weighted by molar-refractivity contribution is 0.223. The van der Waals surface area contributed by atoms with Gasteiger partial charge in [-0.2, -0.15) is 0 Å². The van der Waals surface area contributed by atoms with Gasteiger partial charge in [0.1, 0.15) is 0 Å². The minimum Gasteiger partial charge on any atom is -0.355 e. The molecular formula is C11H17IOP2. The van der Waals surface area contributed by atoms with E-state index in [4.69, 9.17) is 4.52 Å². The van der Waals surface area contributed by atoms with Crippen molar-refractivity contribution in [2.75, 3.05) is 4.43 Å². The zero-order chi connectivity index (χ0) is 10.9. The van der Waals surface area contributed by atoms with E-state index >= 15 is 0 Å². The molecule has 0 heterocycles. The number of rotatable bonds is 7. The summed E-state index contributed by atoms with van der Waals surface area (Å²) in [5.74, 6) is 0. The molecule has 0 saturated carbocycles. The highest BCUT2D eigenvalue weighted by Crippen LogP contribution is 2.27. The van der Waals surface area contributed by atoms with Crippen LogP contribution in [0.3, 0.4) is 0 Å². The van der Waals surface area contributed by atoms with Gasteiger partial charge in [0.25, 0.3) is 0 Å². The van der Waals surface area contributed by atoms with Crippen molar-refractivity contribution in [3.63, 3.8) is 0 Å². The Kier molecular flexibility index (Phi) is 8.18. The number of halogens is 1. The lowest BCUT2D eigenvalue weighted by atomic mass is 10.1. The van der Waals surface area contributed by atoms with Gasteiger partial charge in [-0.25, -0.2) is 0 Å². The molecule has 1 aromatic rings. The first-order chi connectivity index (χ1) is 7.36. The Hall–Kier alpha value is 0.770. The number of alkyl halides is 1. The highest BCUT2D eigenvalue weighted by molar-refractivity contribution is 14.1. The van der Waals surface area contributed by atoms with Crippen LogP contribution < -0.4 is 0 Å². The molecule has 0 aliphatic carbocycles. The average Bonchev–Trinajstić information content (AvgIpc) is 2.28. The van der Waals surface area contributed by atoms with Gasteiger partial charge in [0.15, 0.2) is 0 Å². The van der Waals surface area contributed by atoms with Gasteiger partial charge < -0.3 is 4.52 Å². The van der Waals surface area contributed by atoms with Crippen LogP contribution in [-0.4, -0.2) is 10.5 Å². The topological polar surface area (TPSA) is 9.23 Å². The Morgan fingerprint density at radius 1 is 1.27 bits per heavy atom. The van der Waals surface area contributed by atoms with Crippen molar-refractivity contribution in [1.82, 2.24) is 0 Å². The first-order valence-electron chi connectivity index (χ1n) is 5.08. The lowest BCUT2D eigenvalue weighted by Gasteiger charge is -2.15. The molecule has 0 amide bonds. The molecule has 15 heavy (non-hydrogen) atoms. The molecule has 84 valence electrons. The predicted octanol–water partition coefficient (Wildman–Crippen LogP) is 4.21. The van der Waals surface area contributed by atoms with Gasteiger partial charge in [0, 0.05) is 12.9 Å². The average molecular weight is 354 g/mol. The normalized spacial score (nSPS) is 13.5. The van der Waals surface area contributed by atoms with Crippen LogP contribution >= 0.6 is 40.0 Å². The van der Waals surface area contributed by atoms with Gasteiger partial charge in [-0.1, -0.05) is 61.9 Å². The maximum Gasteiger partial charge on any atom is 0.0629 e. The number of benzene rings is 1. The minimum atomic E-state index is 0.429. The van der Waals surface area contributed by atoms with E-state index in [2.05, 4.69) is 61.9 Å². The quantitative estimate of drug-likeness (QED) is 0.405. The maximum absolute atomic E-state index is 5.69. The fraction of sp³-hybridized carbons (Fsp3) is 0.455. The third kappa shape index (κ3) is 6.16. The second kappa shape index (κ2) is 8.87. The van der Waals surface area contributed by atoms with Crippen molar-refractivity contribution in [3.05, 3.63) is 35.9 Å². The summed E-state index contributed by atoms with van der Waals surface area (Å²) in [7, 11) is 3.18. The van der Waals surface area contributed by atoms with Gasteiger partial charge in [0.05, 0.1) is 6.10 Å². The van der Waals surface area contributed by atoms with Gasteiger partial charge in [-0.05, 0) is 24.8 Å². The fourth-order valence-corrected chi connectivity index (χ4v) is 3.15. The molecule has 1 aromatic carbocycles. The Balaban J connectivity index is 2.33. The molecule has 1 nitrogen and oxygen atoms in total. The Morgan fingerprint density at radius 3 is 2.60 bits per heavy atom. The number of hydrogen-bond donors (Lipinski definition) is 0. The third-order valence-corrected chi connectivity index (χ3v) is 3.76. The van der Waals surface area contributed by atoms with Crippen LogP contribution in [0.25, 0.3) is 0 Å². The molecule has 0 aliphatic rings. The highest BCUT2D eigenvalue weighted by Gasteiger charge is 2.07. The van der Waals surface area contributed by atoms with Crippen molar-refractivity contribution < 1.29 is 4.52 Å². The summed E-state index contributed by atoms with van der Waals surface area (Å²) in [6.45, 7) is 0. The molecular weight excluding hydrogens is 337 g/mol. The number of aryl methyl sites for hydroxylation is 1. The summed E-state index contributed by atoms with van der Waals surface area (Å²) in [6, 6.07) is 10.6. The second-order valence-corrected chi connectivity index (χ2v) is 5.62. The minimum absolute atomic E-state index is 0.429. The lowest BCUT2D eigenvalue weighted by Crippen LogP contribution is -2.10. The third-order valence-electron chi connectivity index (χ3n) is 2.26. The van der Waals surface area contributed by atoms with Gasteiger partial charge >= 0.3 is 0 Å². The van der Waals surface area contributed by atoms with E-state index in [1.54, 1.807) is 0 Å². The monoisotopic (exact) mass is 354 g/mol. The Morgan fingerprint density at radius 2 is 2.00 bits per heavy atom. The van der Waals surface area contributed by atoms with Crippen molar-refractivity contribution in [3.8, 4) is 0 Å². The molecule has 0 bridgehead atoms. The largest absolute Gasteiger partial charge is 0.355 e. The van der Waals surface area contributed by atoms with Gasteiger partial charge in [-0.3, -0.25) is 0 Å². The van der Waals surface area contributed by atoms with E-state index in [1.807, 2.05) is 0 Å². The molecule has 0 fully saturated rings. The molecule has 0 spiro atoms. The van der Waals surface area contributed by atoms with Crippen LogP contribution in [0.2, 0.25) is 0 Å². The van der Waals surface area contributed by atoms with Crippen LogP contribution in [0.1, 0.15) is 18.4 Å². The predicted molar refractivity (Wildman–Crippen MR) is 81.2 cm³/mol. The molecule has 2 unspecified atom stereocenters. The molecule has 1 rings (SSSR count). The number of hydrogen-bond acceptors (Lipinski definition) is 1. The molecule has 0 saturated heterocycles.